The minimum atomic E-state index is -0.165. The van der Waals surface area contributed by atoms with Gasteiger partial charge >= 0.3 is 0 Å². The first kappa shape index (κ1) is 18.6. The lowest BCUT2D eigenvalue weighted by atomic mass is 10.1. The zero-order valence-corrected chi connectivity index (χ0v) is 16.0. The van der Waals surface area contributed by atoms with Crippen LogP contribution in [-0.2, 0) is 6.42 Å². The van der Waals surface area contributed by atoms with Gasteiger partial charge in [0.1, 0.15) is 11.3 Å². The number of oxazole rings is 1. The van der Waals surface area contributed by atoms with Crippen molar-refractivity contribution in [2.45, 2.75) is 6.42 Å². The molecule has 0 saturated carbocycles. The van der Waals surface area contributed by atoms with E-state index < -0.39 is 0 Å². The Morgan fingerprint density at radius 3 is 2.59 bits per heavy atom. The number of anilines is 2. The molecule has 2 N–H and O–H groups in total. The Morgan fingerprint density at radius 1 is 1.03 bits per heavy atom. The van der Waals surface area contributed by atoms with Gasteiger partial charge < -0.3 is 19.8 Å². The van der Waals surface area contributed by atoms with Crippen LogP contribution in [0.15, 0.2) is 77.2 Å². The zero-order valence-electron chi connectivity index (χ0n) is 16.0. The van der Waals surface area contributed by atoms with Crippen LogP contribution in [0.1, 0.15) is 15.9 Å². The van der Waals surface area contributed by atoms with Gasteiger partial charge in [-0.1, -0.05) is 30.3 Å². The minimum Gasteiger partial charge on any atom is -0.497 e. The summed E-state index contributed by atoms with van der Waals surface area (Å²) in [5.41, 5.74) is 3.80. The van der Waals surface area contributed by atoms with Gasteiger partial charge in [0.05, 0.1) is 7.11 Å². The number of carbonyl (C=O) groups is 1. The predicted octanol–water partition coefficient (Wildman–Crippen LogP) is 4.74. The number of aromatic nitrogens is 1. The molecule has 1 aromatic heterocycles. The summed E-state index contributed by atoms with van der Waals surface area (Å²) in [5, 5.41) is 6.08. The monoisotopic (exact) mass is 387 g/mol. The Hall–Kier alpha value is -3.80. The van der Waals surface area contributed by atoms with E-state index in [1.54, 1.807) is 25.3 Å². The molecule has 4 rings (SSSR count). The lowest BCUT2D eigenvalue weighted by Gasteiger charge is -2.04. The number of methoxy groups -OCH3 is 1. The van der Waals surface area contributed by atoms with Crippen LogP contribution in [0, 0.1) is 0 Å². The van der Waals surface area contributed by atoms with Gasteiger partial charge in [-0.15, -0.1) is 0 Å². The number of hydrogen-bond acceptors (Lipinski definition) is 5. The number of nitrogens with zero attached hydrogens (tertiary/aromatic N) is 1. The van der Waals surface area contributed by atoms with Crippen molar-refractivity contribution in [2.75, 3.05) is 24.3 Å². The standard InChI is InChI=1S/C23H21N3O3/c1-28-19-10-7-16(8-11-19)13-14-24-23-26-20-12-9-18(15-21(20)29-23)25-22(27)17-5-3-2-4-6-17/h2-12,15H,13-14H2,1H3,(H,24,26)(H,25,27). The summed E-state index contributed by atoms with van der Waals surface area (Å²) in [7, 11) is 1.66. The highest BCUT2D eigenvalue weighted by Gasteiger charge is 2.09. The van der Waals surface area contributed by atoms with E-state index in [0.29, 0.717) is 29.4 Å². The normalized spacial score (nSPS) is 10.7. The molecule has 0 bridgehead atoms. The van der Waals surface area contributed by atoms with Crippen LogP contribution >= 0.6 is 0 Å². The highest BCUT2D eigenvalue weighted by molar-refractivity contribution is 6.04. The summed E-state index contributed by atoms with van der Waals surface area (Å²) in [6.07, 6.45) is 0.834. The number of rotatable bonds is 7. The molecule has 6 heteroatoms. The SMILES string of the molecule is COc1ccc(CCNc2nc3ccc(NC(=O)c4ccccc4)cc3o2)cc1. The highest BCUT2D eigenvalue weighted by Crippen LogP contribution is 2.23. The van der Waals surface area contributed by atoms with Crippen molar-refractivity contribution in [3.8, 4) is 5.75 Å². The van der Waals surface area contributed by atoms with Crippen molar-refractivity contribution >= 4 is 28.7 Å². The molecule has 1 amide bonds. The van der Waals surface area contributed by atoms with Crippen LogP contribution in [0.25, 0.3) is 11.1 Å². The fraction of sp³-hybridized carbons (Fsp3) is 0.130. The second-order valence-electron chi connectivity index (χ2n) is 6.55. The van der Waals surface area contributed by atoms with Crippen molar-refractivity contribution in [2.24, 2.45) is 0 Å². The zero-order chi connectivity index (χ0) is 20.1. The summed E-state index contributed by atoms with van der Waals surface area (Å²) < 4.78 is 10.9. The Morgan fingerprint density at radius 2 is 1.83 bits per heavy atom. The third kappa shape index (κ3) is 4.55. The molecular formula is C23H21N3O3. The maximum atomic E-state index is 12.3. The van der Waals surface area contributed by atoms with Crippen molar-refractivity contribution in [3.63, 3.8) is 0 Å². The van der Waals surface area contributed by atoms with Gasteiger partial charge in [0.15, 0.2) is 5.58 Å². The molecule has 0 fully saturated rings. The van der Waals surface area contributed by atoms with Gasteiger partial charge in [0.25, 0.3) is 11.9 Å². The molecule has 6 nitrogen and oxygen atoms in total. The largest absolute Gasteiger partial charge is 0.497 e. The van der Waals surface area contributed by atoms with Crippen LogP contribution in [0.4, 0.5) is 11.7 Å². The maximum absolute atomic E-state index is 12.3. The minimum absolute atomic E-state index is 0.165. The van der Waals surface area contributed by atoms with Gasteiger partial charge in [0.2, 0.25) is 0 Å². The topological polar surface area (TPSA) is 76.4 Å². The van der Waals surface area contributed by atoms with E-state index in [1.807, 2.05) is 54.6 Å². The molecule has 146 valence electrons. The molecule has 0 aliphatic rings. The number of amides is 1. The number of fused-ring (bicyclic) bond motifs is 1. The van der Waals surface area contributed by atoms with E-state index in [9.17, 15) is 4.79 Å². The smallest absolute Gasteiger partial charge is 0.295 e. The molecule has 1 heterocycles. The second-order valence-corrected chi connectivity index (χ2v) is 6.55. The molecule has 0 aliphatic heterocycles. The van der Waals surface area contributed by atoms with Gasteiger partial charge in [0, 0.05) is 23.9 Å². The van der Waals surface area contributed by atoms with Crippen LogP contribution in [0.5, 0.6) is 5.75 Å². The summed E-state index contributed by atoms with van der Waals surface area (Å²) in [4.78, 5) is 16.7. The first-order valence-electron chi connectivity index (χ1n) is 9.35. The van der Waals surface area contributed by atoms with Gasteiger partial charge in [-0.25, -0.2) is 0 Å². The number of nitrogens with one attached hydrogen (secondary N) is 2. The summed E-state index contributed by atoms with van der Waals surface area (Å²) in [6.45, 7) is 0.691. The summed E-state index contributed by atoms with van der Waals surface area (Å²) in [5.74, 6) is 0.679. The first-order valence-corrected chi connectivity index (χ1v) is 9.35. The molecule has 3 aromatic carbocycles. The summed E-state index contributed by atoms with van der Waals surface area (Å²) in [6, 6.07) is 22.9. The summed E-state index contributed by atoms with van der Waals surface area (Å²) >= 11 is 0. The van der Waals surface area contributed by atoms with E-state index >= 15 is 0 Å². The molecule has 0 saturated heterocycles. The van der Waals surface area contributed by atoms with Crippen molar-refractivity contribution < 1.29 is 13.9 Å². The number of hydrogen-bond donors (Lipinski definition) is 2. The number of ether oxygens (including phenoxy) is 1. The molecular weight excluding hydrogens is 366 g/mol. The van der Waals surface area contributed by atoms with Crippen LogP contribution in [0.2, 0.25) is 0 Å². The van der Waals surface area contributed by atoms with E-state index in [2.05, 4.69) is 15.6 Å². The number of benzene rings is 3. The molecule has 0 aliphatic carbocycles. The van der Waals surface area contributed by atoms with Crippen LogP contribution in [-0.4, -0.2) is 24.5 Å². The Bertz CT molecular complexity index is 1110. The lowest BCUT2D eigenvalue weighted by molar-refractivity contribution is 0.102. The quantitative estimate of drug-likeness (QED) is 0.479. The lowest BCUT2D eigenvalue weighted by Crippen LogP contribution is -2.11. The Labute approximate surface area is 168 Å². The van der Waals surface area contributed by atoms with Gasteiger partial charge in [-0.3, -0.25) is 4.79 Å². The fourth-order valence-corrected chi connectivity index (χ4v) is 2.98. The molecule has 0 radical (unpaired) electrons. The fourth-order valence-electron chi connectivity index (χ4n) is 2.98. The molecule has 0 unspecified atom stereocenters. The third-order valence-corrected chi connectivity index (χ3v) is 4.53. The average molecular weight is 387 g/mol. The predicted molar refractivity (Wildman–Crippen MR) is 114 cm³/mol. The first-order chi connectivity index (χ1) is 14.2. The van der Waals surface area contributed by atoms with Crippen LogP contribution < -0.4 is 15.4 Å². The maximum Gasteiger partial charge on any atom is 0.295 e. The highest BCUT2D eigenvalue weighted by atomic mass is 16.5. The Balaban J connectivity index is 1.38. The Kier molecular flexibility index (Phi) is 5.42. The van der Waals surface area contributed by atoms with Gasteiger partial charge in [-0.2, -0.15) is 4.98 Å². The average Bonchev–Trinajstić information content (AvgIpc) is 3.17. The second kappa shape index (κ2) is 8.48. The van der Waals surface area contributed by atoms with E-state index in [-0.39, 0.29) is 5.91 Å². The van der Waals surface area contributed by atoms with Gasteiger partial charge in [-0.05, 0) is 48.4 Å². The van der Waals surface area contributed by atoms with E-state index in [4.69, 9.17) is 9.15 Å². The van der Waals surface area contributed by atoms with E-state index in [1.165, 1.54) is 5.56 Å². The molecule has 4 aromatic rings. The van der Waals surface area contributed by atoms with Crippen LogP contribution in [0.3, 0.4) is 0 Å². The number of carbonyl (C=O) groups excluding carboxylic acids is 1. The molecule has 0 atom stereocenters. The molecule has 29 heavy (non-hydrogen) atoms. The van der Waals surface area contributed by atoms with Crippen molar-refractivity contribution in [3.05, 3.63) is 83.9 Å². The van der Waals surface area contributed by atoms with Crippen molar-refractivity contribution in [1.29, 1.82) is 0 Å². The third-order valence-electron chi connectivity index (χ3n) is 4.53. The van der Waals surface area contributed by atoms with Crippen molar-refractivity contribution in [1.82, 2.24) is 4.98 Å². The molecule has 0 spiro atoms. The van der Waals surface area contributed by atoms with E-state index in [0.717, 1.165) is 17.7 Å².